The van der Waals surface area contributed by atoms with Gasteiger partial charge in [-0.2, -0.15) is 9.57 Å². The van der Waals surface area contributed by atoms with Gasteiger partial charge in [-0.25, -0.2) is 8.42 Å². The highest BCUT2D eigenvalue weighted by molar-refractivity contribution is 7.89. The third kappa shape index (κ3) is 4.20. The molecule has 134 valence electrons. The fourth-order valence-electron chi connectivity index (χ4n) is 3.19. The van der Waals surface area contributed by atoms with Crippen LogP contribution in [0.25, 0.3) is 0 Å². The molecule has 0 aromatic heterocycles. The molecular formula is C18H23N3O3S. The fourth-order valence-corrected chi connectivity index (χ4v) is 4.71. The molecule has 1 heterocycles. The highest BCUT2D eigenvalue weighted by Crippen LogP contribution is 2.27. The normalized spacial score (nSPS) is 18.5. The van der Waals surface area contributed by atoms with Gasteiger partial charge in [0.25, 0.3) is 0 Å². The molecule has 25 heavy (non-hydrogen) atoms. The molecule has 0 atom stereocenters. The summed E-state index contributed by atoms with van der Waals surface area (Å²) in [4.78, 5) is 14.3. The molecule has 0 spiro atoms. The number of amides is 1. The van der Waals surface area contributed by atoms with Gasteiger partial charge in [0, 0.05) is 19.1 Å². The Hall–Kier alpha value is -1.91. The summed E-state index contributed by atoms with van der Waals surface area (Å²) in [5, 5.41) is 8.86. The lowest BCUT2D eigenvalue weighted by Crippen LogP contribution is -2.35. The maximum Gasteiger partial charge on any atom is 0.243 e. The molecule has 0 unspecified atom stereocenters. The molecule has 1 saturated heterocycles. The molecule has 1 aliphatic carbocycles. The van der Waals surface area contributed by atoms with E-state index in [1.807, 2.05) is 6.07 Å². The second-order valence-electron chi connectivity index (χ2n) is 6.70. The van der Waals surface area contributed by atoms with Crippen molar-refractivity contribution in [1.29, 1.82) is 5.26 Å². The van der Waals surface area contributed by atoms with Gasteiger partial charge in [-0.05, 0) is 43.4 Å². The van der Waals surface area contributed by atoms with Crippen LogP contribution in [0, 0.1) is 11.3 Å². The molecule has 2 fully saturated rings. The molecule has 2 aliphatic rings. The summed E-state index contributed by atoms with van der Waals surface area (Å²) < 4.78 is 26.8. The van der Waals surface area contributed by atoms with E-state index in [1.54, 1.807) is 33.5 Å². The van der Waals surface area contributed by atoms with Crippen molar-refractivity contribution in [2.75, 3.05) is 19.6 Å². The second-order valence-corrected chi connectivity index (χ2v) is 8.63. The van der Waals surface area contributed by atoms with E-state index in [9.17, 15) is 13.2 Å². The molecule has 0 bridgehead atoms. The number of carbonyl (C=O) groups excluding carboxylic acids is 1. The first kappa shape index (κ1) is 17.9. The van der Waals surface area contributed by atoms with Crippen molar-refractivity contribution >= 4 is 15.9 Å². The number of rotatable bonds is 6. The summed E-state index contributed by atoms with van der Waals surface area (Å²) in [5.74, 6) is -0.0734. The Morgan fingerprint density at radius 1 is 1.16 bits per heavy atom. The maximum atomic E-state index is 12.6. The lowest BCUT2D eigenvalue weighted by Gasteiger charge is -2.26. The van der Waals surface area contributed by atoms with Gasteiger partial charge in [0.05, 0.1) is 17.4 Å². The van der Waals surface area contributed by atoms with Gasteiger partial charge >= 0.3 is 0 Å². The maximum absolute atomic E-state index is 12.6. The molecule has 1 amide bonds. The van der Waals surface area contributed by atoms with E-state index in [2.05, 4.69) is 0 Å². The second kappa shape index (κ2) is 7.54. The molecule has 3 rings (SSSR count). The molecule has 0 radical (unpaired) electrons. The molecule has 7 heteroatoms. The molecule has 1 aromatic rings. The average Bonchev–Trinajstić information content (AvgIpc) is 3.45. The van der Waals surface area contributed by atoms with Crippen LogP contribution >= 0.6 is 0 Å². The van der Waals surface area contributed by atoms with Crippen LogP contribution in [0.1, 0.15) is 37.7 Å². The summed E-state index contributed by atoms with van der Waals surface area (Å²) in [6.45, 7) is 1.27. The Labute approximate surface area is 149 Å². The number of sulfonamides is 1. The molecule has 6 nitrogen and oxygen atoms in total. The number of nitrogens with zero attached hydrogens (tertiary/aromatic N) is 3. The smallest absolute Gasteiger partial charge is 0.243 e. The number of carbonyl (C=O) groups is 1. The molecule has 0 N–H and O–H groups in total. The third-order valence-electron chi connectivity index (χ3n) is 4.78. The first-order chi connectivity index (χ1) is 12.0. The first-order valence-electron chi connectivity index (χ1n) is 8.78. The standard InChI is InChI=1S/C18H23N3O3S/c19-10-13-21(16-6-7-16)18(22)14-15-4-8-17(9-5-15)25(23,24)20-11-2-1-3-12-20/h4-5,8-9,16H,1-3,6-7,11-14H2. The zero-order valence-electron chi connectivity index (χ0n) is 14.2. The van der Waals surface area contributed by atoms with E-state index in [1.165, 1.54) is 0 Å². The lowest BCUT2D eigenvalue weighted by atomic mass is 10.1. The van der Waals surface area contributed by atoms with Gasteiger partial charge in [-0.1, -0.05) is 18.6 Å². The van der Waals surface area contributed by atoms with Crippen LogP contribution in [0.4, 0.5) is 0 Å². The van der Waals surface area contributed by atoms with Crippen LogP contribution < -0.4 is 0 Å². The zero-order valence-corrected chi connectivity index (χ0v) is 15.0. The van der Waals surface area contributed by atoms with Crippen molar-refractivity contribution in [3.05, 3.63) is 29.8 Å². The van der Waals surface area contributed by atoms with Gasteiger partial charge < -0.3 is 4.90 Å². The number of benzene rings is 1. The highest BCUT2D eigenvalue weighted by atomic mass is 32.2. The fraction of sp³-hybridized carbons (Fsp3) is 0.556. The van der Waals surface area contributed by atoms with E-state index in [4.69, 9.17) is 5.26 Å². The van der Waals surface area contributed by atoms with Gasteiger partial charge in [-0.15, -0.1) is 0 Å². The minimum Gasteiger partial charge on any atom is -0.326 e. The highest BCUT2D eigenvalue weighted by Gasteiger charge is 2.32. The summed E-state index contributed by atoms with van der Waals surface area (Å²) in [6, 6.07) is 8.81. The van der Waals surface area contributed by atoms with Gasteiger partial charge in [0.15, 0.2) is 0 Å². The Kier molecular flexibility index (Phi) is 5.40. The summed E-state index contributed by atoms with van der Waals surface area (Å²) in [5.41, 5.74) is 0.770. The number of hydrogen-bond acceptors (Lipinski definition) is 4. The Bertz CT molecular complexity index is 758. The van der Waals surface area contributed by atoms with Crippen LogP contribution in [0.5, 0.6) is 0 Å². The van der Waals surface area contributed by atoms with Crippen LogP contribution in [0.15, 0.2) is 29.2 Å². The van der Waals surface area contributed by atoms with Gasteiger partial charge in [0.1, 0.15) is 6.54 Å². The van der Waals surface area contributed by atoms with Crippen molar-refractivity contribution < 1.29 is 13.2 Å². The molecule has 1 saturated carbocycles. The number of hydrogen-bond donors (Lipinski definition) is 0. The quantitative estimate of drug-likeness (QED) is 0.725. The van der Waals surface area contributed by atoms with Crippen LogP contribution in [0.3, 0.4) is 0 Å². The monoisotopic (exact) mass is 361 g/mol. The SMILES string of the molecule is N#CCN(C(=O)Cc1ccc(S(=O)(=O)N2CCCCC2)cc1)C1CC1. The summed E-state index contributed by atoms with van der Waals surface area (Å²) in [6.07, 6.45) is 5.00. The van der Waals surface area contributed by atoms with E-state index < -0.39 is 10.0 Å². The Balaban J connectivity index is 1.67. The van der Waals surface area contributed by atoms with Gasteiger partial charge in [-0.3, -0.25) is 4.79 Å². The lowest BCUT2D eigenvalue weighted by molar-refractivity contribution is -0.130. The van der Waals surface area contributed by atoms with Crippen LogP contribution in [0.2, 0.25) is 0 Å². The summed E-state index contributed by atoms with van der Waals surface area (Å²) in [7, 11) is -3.44. The predicted molar refractivity (Wildman–Crippen MR) is 93.1 cm³/mol. The molecule has 1 aliphatic heterocycles. The minimum absolute atomic E-state index is 0.0734. The van der Waals surface area contributed by atoms with Crippen molar-refractivity contribution in [2.45, 2.75) is 49.5 Å². The largest absolute Gasteiger partial charge is 0.326 e. The Morgan fingerprint density at radius 2 is 1.80 bits per heavy atom. The van der Waals surface area contributed by atoms with Crippen molar-refractivity contribution in [2.24, 2.45) is 0 Å². The summed E-state index contributed by atoms with van der Waals surface area (Å²) >= 11 is 0. The number of piperidine rings is 1. The molecule has 1 aromatic carbocycles. The average molecular weight is 361 g/mol. The third-order valence-corrected chi connectivity index (χ3v) is 6.69. The predicted octanol–water partition coefficient (Wildman–Crippen LogP) is 1.92. The van der Waals surface area contributed by atoms with E-state index in [0.29, 0.717) is 13.1 Å². The van der Waals surface area contributed by atoms with Crippen molar-refractivity contribution in [3.63, 3.8) is 0 Å². The minimum atomic E-state index is -3.44. The van der Waals surface area contributed by atoms with Crippen molar-refractivity contribution in [3.8, 4) is 6.07 Å². The van der Waals surface area contributed by atoms with E-state index >= 15 is 0 Å². The first-order valence-corrected chi connectivity index (χ1v) is 10.2. The zero-order chi connectivity index (χ0) is 17.9. The van der Waals surface area contributed by atoms with Crippen LogP contribution in [-0.2, 0) is 21.2 Å². The topological polar surface area (TPSA) is 81.5 Å². The molecular weight excluding hydrogens is 338 g/mol. The van der Waals surface area contributed by atoms with E-state index in [-0.39, 0.29) is 29.8 Å². The number of nitriles is 1. The Morgan fingerprint density at radius 3 is 2.36 bits per heavy atom. The van der Waals surface area contributed by atoms with Crippen LogP contribution in [-0.4, -0.2) is 49.2 Å². The van der Waals surface area contributed by atoms with Crippen molar-refractivity contribution in [1.82, 2.24) is 9.21 Å². The van der Waals surface area contributed by atoms with E-state index in [0.717, 1.165) is 37.7 Å². The van der Waals surface area contributed by atoms with Gasteiger partial charge in [0.2, 0.25) is 15.9 Å².